The molecule has 0 saturated heterocycles. The van der Waals surface area contributed by atoms with E-state index in [4.69, 9.17) is 9.84 Å². The van der Waals surface area contributed by atoms with Gasteiger partial charge in [-0.1, -0.05) is 19.1 Å². The van der Waals surface area contributed by atoms with Gasteiger partial charge in [-0.25, -0.2) is 0 Å². The Morgan fingerprint density at radius 1 is 1.33 bits per heavy atom. The third kappa shape index (κ3) is 2.05. The van der Waals surface area contributed by atoms with Gasteiger partial charge in [0.05, 0.1) is 12.8 Å². The normalized spacial score (nSPS) is 29.0. The standard InChI is InChI=1S/C20H24N2O2/c1-13-17-8-7-14-12-22(2)21-19(14)20(17,10-9-18(13)23)15-5-4-6-16(11-15)24-3/h4-6,11-13,17H,7-10H2,1-3H3. The first-order valence-corrected chi connectivity index (χ1v) is 8.76. The van der Waals surface area contributed by atoms with E-state index in [1.54, 1.807) is 7.11 Å². The van der Waals surface area contributed by atoms with Crippen LogP contribution in [0, 0.1) is 11.8 Å². The molecule has 1 aromatic heterocycles. The summed E-state index contributed by atoms with van der Waals surface area (Å²) in [5.74, 6) is 1.67. The molecular formula is C20H24N2O2. The van der Waals surface area contributed by atoms with Crippen molar-refractivity contribution in [2.45, 2.75) is 38.0 Å². The van der Waals surface area contributed by atoms with E-state index in [9.17, 15) is 4.79 Å². The number of rotatable bonds is 2. The molecule has 3 atom stereocenters. The molecule has 4 rings (SSSR count). The van der Waals surface area contributed by atoms with E-state index in [2.05, 4.69) is 31.3 Å². The highest BCUT2D eigenvalue weighted by molar-refractivity contribution is 5.83. The van der Waals surface area contributed by atoms with Crippen LogP contribution in [-0.2, 0) is 23.7 Å². The van der Waals surface area contributed by atoms with Crippen molar-refractivity contribution in [1.29, 1.82) is 0 Å². The second-order valence-corrected chi connectivity index (χ2v) is 7.28. The lowest BCUT2D eigenvalue weighted by Gasteiger charge is -2.49. The SMILES string of the molecule is COc1cccc(C23CCC(=O)C(C)C2CCc2cn(C)nc23)c1. The molecule has 0 radical (unpaired) electrons. The van der Waals surface area contributed by atoms with Gasteiger partial charge in [0.15, 0.2) is 0 Å². The molecule has 0 N–H and O–H groups in total. The lowest BCUT2D eigenvalue weighted by Crippen LogP contribution is -2.49. The number of hydrogen-bond donors (Lipinski definition) is 0. The molecule has 2 aromatic rings. The zero-order chi connectivity index (χ0) is 16.9. The second-order valence-electron chi connectivity index (χ2n) is 7.28. The minimum atomic E-state index is -0.170. The van der Waals surface area contributed by atoms with Gasteiger partial charge in [0.1, 0.15) is 11.5 Å². The molecule has 24 heavy (non-hydrogen) atoms. The molecule has 126 valence electrons. The number of carbonyl (C=O) groups excluding carboxylic acids is 1. The average molecular weight is 324 g/mol. The maximum Gasteiger partial charge on any atom is 0.136 e. The van der Waals surface area contributed by atoms with Crippen molar-refractivity contribution in [3.05, 3.63) is 47.3 Å². The number of aromatic nitrogens is 2. The van der Waals surface area contributed by atoms with Gasteiger partial charge < -0.3 is 4.74 Å². The van der Waals surface area contributed by atoms with Crippen LogP contribution in [0.4, 0.5) is 0 Å². The molecule has 4 heteroatoms. The van der Waals surface area contributed by atoms with E-state index in [1.807, 2.05) is 17.8 Å². The predicted octanol–water partition coefficient (Wildman–Crippen LogP) is 3.28. The minimum absolute atomic E-state index is 0.0834. The topological polar surface area (TPSA) is 44.1 Å². The molecule has 2 aliphatic carbocycles. The number of aryl methyl sites for hydroxylation is 2. The molecule has 0 aliphatic heterocycles. The number of hydrogen-bond acceptors (Lipinski definition) is 3. The van der Waals surface area contributed by atoms with E-state index in [0.717, 1.165) is 25.0 Å². The number of carbonyl (C=O) groups is 1. The van der Waals surface area contributed by atoms with Crippen LogP contribution in [0.3, 0.4) is 0 Å². The van der Waals surface area contributed by atoms with E-state index in [1.165, 1.54) is 16.8 Å². The summed E-state index contributed by atoms with van der Waals surface area (Å²) in [7, 11) is 3.69. The molecule has 1 saturated carbocycles. The predicted molar refractivity (Wildman–Crippen MR) is 92.2 cm³/mol. The van der Waals surface area contributed by atoms with Crippen LogP contribution in [-0.4, -0.2) is 22.7 Å². The molecule has 0 bridgehead atoms. The lowest BCUT2D eigenvalue weighted by molar-refractivity contribution is -0.128. The van der Waals surface area contributed by atoms with Gasteiger partial charge in [-0.3, -0.25) is 9.48 Å². The Hall–Kier alpha value is -2.10. The van der Waals surface area contributed by atoms with E-state index in [0.29, 0.717) is 18.1 Å². The summed E-state index contributed by atoms with van der Waals surface area (Å²) in [6.45, 7) is 2.11. The zero-order valence-electron chi connectivity index (χ0n) is 14.6. The number of nitrogens with zero attached hydrogens (tertiary/aromatic N) is 2. The third-order valence-corrected chi connectivity index (χ3v) is 6.15. The fraction of sp³-hybridized carbons (Fsp3) is 0.500. The first-order chi connectivity index (χ1) is 11.6. The van der Waals surface area contributed by atoms with Gasteiger partial charge in [0.25, 0.3) is 0 Å². The van der Waals surface area contributed by atoms with E-state index < -0.39 is 0 Å². The fourth-order valence-electron chi connectivity index (χ4n) is 4.98. The van der Waals surface area contributed by atoms with Crippen LogP contribution >= 0.6 is 0 Å². The summed E-state index contributed by atoms with van der Waals surface area (Å²) in [5, 5.41) is 4.86. The third-order valence-electron chi connectivity index (χ3n) is 6.15. The number of benzene rings is 1. The smallest absolute Gasteiger partial charge is 0.136 e. The van der Waals surface area contributed by atoms with Crippen molar-refractivity contribution in [2.24, 2.45) is 18.9 Å². The largest absolute Gasteiger partial charge is 0.497 e. The Labute approximate surface area is 142 Å². The van der Waals surface area contributed by atoms with Gasteiger partial charge >= 0.3 is 0 Å². The highest BCUT2D eigenvalue weighted by Gasteiger charge is 2.53. The first-order valence-electron chi connectivity index (χ1n) is 8.76. The summed E-state index contributed by atoms with van der Waals surface area (Å²) >= 11 is 0. The van der Waals surface area contributed by atoms with Crippen LogP contribution in [0.1, 0.15) is 43.0 Å². The van der Waals surface area contributed by atoms with Crippen LogP contribution in [0.2, 0.25) is 0 Å². The number of fused-ring (bicyclic) bond motifs is 3. The molecule has 0 spiro atoms. The zero-order valence-corrected chi connectivity index (χ0v) is 14.6. The van der Waals surface area contributed by atoms with Crippen molar-refractivity contribution >= 4 is 5.78 Å². The van der Waals surface area contributed by atoms with Crippen LogP contribution in [0.5, 0.6) is 5.75 Å². The van der Waals surface area contributed by atoms with Crippen LogP contribution in [0.25, 0.3) is 0 Å². The summed E-state index contributed by atoms with van der Waals surface area (Å²) in [5.41, 5.74) is 3.58. The van der Waals surface area contributed by atoms with Crippen molar-refractivity contribution in [3.8, 4) is 5.75 Å². The van der Waals surface area contributed by atoms with Gasteiger partial charge in [-0.05, 0) is 48.4 Å². The van der Waals surface area contributed by atoms with E-state index in [-0.39, 0.29) is 11.3 Å². The lowest BCUT2D eigenvalue weighted by atomic mass is 9.53. The molecule has 1 fully saturated rings. The Bertz CT molecular complexity index is 795. The Morgan fingerprint density at radius 3 is 2.96 bits per heavy atom. The van der Waals surface area contributed by atoms with Crippen molar-refractivity contribution in [2.75, 3.05) is 7.11 Å². The van der Waals surface area contributed by atoms with Gasteiger partial charge in [0.2, 0.25) is 0 Å². The summed E-state index contributed by atoms with van der Waals surface area (Å²) in [6.07, 6.45) is 5.68. The van der Waals surface area contributed by atoms with Gasteiger partial charge in [-0.2, -0.15) is 5.10 Å². The minimum Gasteiger partial charge on any atom is -0.497 e. The van der Waals surface area contributed by atoms with Gasteiger partial charge in [0, 0.05) is 31.0 Å². The molecule has 4 nitrogen and oxygen atoms in total. The quantitative estimate of drug-likeness (QED) is 0.851. The number of methoxy groups -OCH3 is 1. The monoisotopic (exact) mass is 324 g/mol. The summed E-state index contributed by atoms with van der Waals surface area (Å²) in [4.78, 5) is 12.4. The Balaban J connectivity index is 1.96. The van der Waals surface area contributed by atoms with E-state index >= 15 is 0 Å². The average Bonchev–Trinajstić information content (AvgIpc) is 2.99. The summed E-state index contributed by atoms with van der Waals surface area (Å²) in [6, 6.07) is 8.36. The first kappa shape index (κ1) is 15.4. The maximum absolute atomic E-state index is 12.4. The van der Waals surface area contributed by atoms with Crippen molar-refractivity contribution in [1.82, 2.24) is 9.78 Å². The molecule has 1 heterocycles. The second kappa shape index (κ2) is 5.47. The highest BCUT2D eigenvalue weighted by Crippen LogP contribution is 2.54. The van der Waals surface area contributed by atoms with Gasteiger partial charge in [-0.15, -0.1) is 0 Å². The molecule has 3 unspecified atom stereocenters. The number of Topliss-reactive ketones (excluding diaryl/α,β-unsaturated/α-hetero) is 1. The van der Waals surface area contributed by atoms with Crippen molar-refractivity contribution in [3.63, 3.8) is 0 Å². The van der Waals surface area contributed by atoms with Crippen molar-refractivity contribution < 1.29 is 9.53 Å². The molecule has 0 amide bonds. The highest BCUT2D eigenvalue weighted by atomic mass is 16.5. The maximum atomic E-state index is 12.4. The number of ether oxygens (including phenoxy) is 1. The van der Waals surface area contributed by atoms with Crippen LogP contribution in [0.15, 0.2) is 30.5 Å². The summed E-state index contributed by atoms with van der Waals surface area (Å²) < 4.78 is 7.40. The molecule has 1 aromatic carbocycles. The Kier molecular flexibility index (Phi) is 3.52. The fourth-order valence-corrected chi connectivity index (χ4v) is 4.98. The molecule has 2 aliphatic rings. The Morgan fingerprint density at radius 2 is 2.17 bits per heavy atom. The van der Waals surface area contributed by atoms with Crippen LogP contribution < -0.4 is 4.74 Å². The number of ketones is 1. The molecular weight excluding hydrogens is 300 g/mol.